The SMILES string of the molecule is O=C(CN1C(=O)[C@@H]2CC=CC[C@H]2C1=O)Nc1cccc(Br)c1. The van der Waals surface area contributed by atoms with Gasteiger partial charge in [0.05, 0.1) is 11.8 Å². The molecule has 2 aliphatic rings. The van der Waals surface area contributed by atoms with Crippen LogP contribution >= 0.6 is 15.9 Å². The van der Waals surface area contributed by atoms with Gasteiger partial charge >= 0.3 is 0 Å². The number of carbonyl (C=O) groups is 3. The van der Waals surface area contributed by atoms with E-state index in [0.717, 1.165) is 9.37 Å². The lowest BCUT2D eigenvalue weighted by Gasteiger charge is -2.14. The molecule has 0 radical (unpaired) electrons. The minimum Gasteiger partial charge on any atom is -0.324 e. The third-order valence-electron chi connectivity index (χ3n) is 4.01. The number of anilines is 1. The molecule has 22 heavy (non-hydrogen) atoms. The lowest BCUT2D eigenvalue weighted by Crippen LogP contribution is -2.38. The van der Waals surface area contributed by atoms with Crippen LogP contribution in [0.4, 0.5) is 5.69 Å². The smallest absolute Gasteiger partial charge is 0.244 e. The molecule has 114 valence electrons. The van der Waals surface area contributed by atoms with Gasteiger partial charge in [-0.25, -0.2) is 0 Å². The van der Waals surface area contributed by atoms with Crippen molar-refractivity contribution in [1.82, 2.24) is 4.90 Å². The predicted octanol–water partition coefficient (Wildman–Crippen LogP) is 2.34. The largest absolute Gasteiger partial charge is 0.324 e. The van der Waals surface area contributed by atoms with Crippen molar-refractivity contribution in [1.29, 1.82) is 0 Å². The van der Waals surface area contributed by atoms with Gasteiger partial charge < -0.3 is 5.32 Å². The Hall–Kier alpha value is -1.95. The van der Waals surface area contributed by atoms with Crippen LogP contribution in [0.5, 0.6) is 0 Å². The summed E-state index contributed by atoms with van der Waals surface area (Å²) in [6, 6.07) is 7.15. The lowest BCUT2D eigenvalue weighted by molar-refractivity contribution is -0.142. The molecule has 6 heteroatoms. The molecule has 1 heterocycles. The van der Waals surface area contributed by atoms with E-state index < -0.39 is 0 Å². The van der Waals surface area contributed by atoms with E-state index in [1.165, 1.54) is 0 Å². The van der Waals surface area contributed by atoms with Gasteiger partial charge in [0, 0.05) is 10.2 Å². The van der Waals surface area contributed by atoms with E-state index in [0.29, 0.717) is 18.5 Å². The maximum atomic E-state index is 12.3. The maximum absolute atomic E-state index is 12.3. The number of imide groups is 1. The van der Waals surface area contributed by atoms with Crippen LogP contribution in [-0.4, -0.2) is 29.2 Å². The Labute approximate surface area is 136 Å². The highest BCUT2D eigenvalue weighted by Crippen LogP contribution is 2.34. The van der Waals surface area contributed by atoms with Gasteiger partial charge in [0.25, 0.3) is 0 Å². The first kappa shape index (κ1) is 15.0. The molecule has 1 aromatic carbocycles. The molecule has 0 saturated carbocycles. The summed E-state index contributed by atoms with van der Waals surface area (Å²) in [6.07, 6.45) is 5.02. The summed E-state index contributed by atoms with van der Waals surface area (Å²) < 4.78 is 0.843. The van der Waals surface area contributed by atoms with Crippen molar-refractivity contribution in [3.8, 4) is 0 Å². The number of hydrogen-bond acceptors (Lipinski definition) is 3. The first-order valence-corrected chi connectivity index (χ1v) is 7.91. The summed E-state index contributed by atoms with van der Waals surface area (Å²) >= 11 is 3.32. The van der Waals surface area contributed by atoms with E-state index in [1.807, 2.05) is 18.2 Å². The van der Waals surface area contributed by atoms with Gasteiger partial charge in [-0.3, -0.25) is 19.3 Å². The van der Waals surface area contributed by atoms with Crippen LogP contribution in [0.1, 0.15) is 12.8 Å². The molecular weight excluding hydrogens is 348 g/mol. The fourth-order valence-corrected chi connectivity index (χ4v) is 3.33. The van der Waals surface area contributed by atoms with E-state index in [9.17, 15) is 14.4 Å². The Balaban J connectivity index is 1.67. The number of fused-ring (bicyclic) bond motifs is 1. The van der Waals surface area contributed by atoms with Gasteiger partial charge in [-0.1, -0.05) is 34.1 Å². The highest BCUT2D eigenvalue weighted by atomic mass is 79.9. The molecule has 5 nitrogen and oxygen atoms in total. The Morgan fingerprint density at radius 3 is 2.41 bits per heavy atom. The van der Waals surface area contributed by atoms with Gasteiger partial charge in [0.2, 0.25) is 17.7 Å². The number of rotatable bonds is 3. The third-order valence-corrected chi connectivity index (χ3v) is 4.50. The number of hydrogen-bond donors (Lipinski definition) is 1. The molecule has 1 N–H and O–H groups in total. The standard InChI is InChI=1S/C16H15BrN2O3/c17-10-4-3-5-11(8-10)18-14(20)9-19-15(21)12-6-1-2-7-13(12)16(19)22/h1-5,8,12-13H,6-7,9H2,(H,18,20)/t12-,13-/m1/s1. The summed E-state index contributed by atoms with van der Waals surface area (Å²) in [5, 5.41) is 2.70. The van der Waals surface area contributed by atoms with Gasteiger partial charge in [-0.15, -0.1) is 0 Å². The van der Waals surface area contributed by atoms with Crippen molar-refractivity contribution in [2.24, 2.45) is 11.8 Å². The first-order chi connectivity index (χ1) is 10.6. The topological polar surface area (TPSA) is 66.5 Å². The second-order valence-corrected chi connectivity index (χ2v) is 6.39. The molecule has 1 aromatic rings. The van der Waals surface area contributed by atoms with Crippen LogP contribution in [0.3, 0.4) is 0 Å². The second kappa shape index (κ2) is 6.04. The van der Waals surface area contributed by atoms with Crippen LogP contribution in [0, 0.1) is 11.8 Å². The minimum absolute atomic E-state index is 0.225. The van der Waals surface area contributed by atoms with E-state index in [2.05, 4.69) is 21.2 Å². The number of benzene rings is 1. The van der Waals surface area contributed by atoms with Crippen LogP contribution < -0.4 is 5.32 Å². The number of amides is 3. The van der Waals surface area contributed by atoms with Gasteiger partial charge in [0.1, 0.15) is 6.54 Å². The molecule has 1 saturated heterocycles. The zero-order valence-electron chi connectivity index (χ0n) is 11.8. The van der Waals surface area contributed by atoms with Crippen molar-refractivity contribution >= 4 is 39.3 Å². The third kappa shape index (κ3) is 2.83. The van der Waals surface area contributed by atoms with E-state index >= 15 is 0 Å². The maximum Gasteiger partial charge on any atom is 0.244 e. The van der Waals surface area contributed by atoms with Crippen LogP contribution in [0.2, 0.25) is 0 Å². The number of nitrogens with zero attached hydrogens (tertiary/aromatic N) is 1. The monoisotopic (exact) mass is 362 g/mol. The van der Waals surface area contributed by atoms with Gasteiger partial charge in [0.15, 0.2) is 0 Å². The van der Waals surface area contributed by atoms with Gasteiger partial charge in [-0.05, 0) is 31.0 Å². The number of carbonyl (C=O) groups excluding carboxylic acids is 3. The molecule has 1 fully saturated rings. The Morgan fingerprint density at radius 2 is 1.82 bits per heavy atom. The summed E-state index contributed by atoms with van der Waals surface area (Å²) in [5.41, 5.74) is 0.623. The quantitative estimate of drug-likeness (QED) is 0.662. The molecule has 0 aromatic heterocycles. The molecule has 1 aliphatic heterocycles. The van der Waals surface area contributed by atoms with Crippen molar-refractivity contribution in [3.63, 3.8) is 0 Å². The highest BCUT2D eigenvalue weighted by molar-refractivity contribution is 9.10. The molecule has 0 spiro atoms. The van der Waals surface area contributed by atoms with Crippen LogP contribution in [-0.2, 0) is 14.4 Å². The summed E-state index contributed by atoms with van der Waals surface area (Å²) in [7, 11) is 0. The van der Waals surface area contributed by atoms with Crippen molar-refractivity contribution < 1.29 is 14.4 Å². The highest BCUT2D eigenvalue weighted by Gasteiger charge is 2.47. The fraction of sp³-hybridized carbons (Fsp3) is 0.312. The Kier molecular flexibility index (Phi) is 4.11. The minimum atomic E-state index is -0.369. The second-order valence-electron chi connectivity index (χ2n) is 5.48. The van der Waals surface area contributed by atoms with E-state index in [-0.39, 0.29) is 36.1 Å². The summed E-state index contributed by atoms with van der Waals surface area (Å²) in [6.45, 7) is -0.225. The molecule has 1 aliphatic carbocycles. The number of nitrogens with one attached hydrogen (secondary N) is 1. The average Bonchev–Trinajstić information content (AvgIpc) is 2.73. The van der Waals surface area contributed by atoms with Crippen molar-refractivity contribution in [2.45, 2.75) is 12.8 Å². The van der Waals surface area contributed by atoms with Crippen molar-refractivity contribution in [2.75, 3.05) is 11.9 Å². The molecule has 0 bridgehead atoms. The Bertz CT molecular complexity index is 645. The zero-order chi connectivity index (χ0) is 15.7. The molecular formula is C16H15BrN2O3. The van der Waals surface area contributed by atoms with Crippen LogP contribution in [0.25, 0.3) is 0 Å². The predicted molar refractivity (Wildman–Crippen MR) is 84.8 cm³/mol. The normalized spacial score (nSPS) is 23.6. The average molecular weight is 363 g/mol. The molecule has 3 amide bonds. The Morgan fingerprint density at radius 1 is 1.18 bits per heavy atom. The fourth-order valence-electron chi connectivity index (χ4n) is 2.94. The molecule has 2 atom stereocenters. The number of halogens is 1. The van der Waals surface area contributed by atoms with E-state index in [1.54, 1.807) is 18.2 Å². The summed E-state index contributed by atoms with van der Waals surface area (Å²) in [5.74, 6) is -1.42. The summed E-state index contributed by atoms with van der Waals surface area (Å²) in [4.78, 5) is 37.7. The first-order valence-electron chi connectivity index (χ1n) is 7.12. The molecule has 3 rings (SSSR count). The van der Waals surface area contributed by atoms with Crippen molar-refractivity contribution in [3.05, 3.63) is 40.9 Å². The van der Waals surface area contributed by atoms with E-state index in [4.69, 9.17) is 0 Å². The lowest BCUT2D eigenvalue weighted by atomic mass is 9.85. The molecule has 0 unspecified atom stereocenters. The van der Waals surface area contributed by atoms with Crippen LogP contribution in [0.15, 0.2) is 40.9 Å². The zero-order valence-corrected chi connectivity index (χ0v) is 13.4. The van der Waals surface area contributed by atoms with Gasteiger partial charge in [-0.2, -0.15) is 0 Å². The number of likely N-dealkylation sites (tertiary alicyclic amines) is 1. The number of allylic oxidation sites excluding steroid dienone is 2.